The summed E-state index contributed by atoms with van der Waals surface area (Å²) in [6, 6.07) is 0.00567. The standard InChI is InChI=1S/C18H24N2O3/c1-5-10-21-13(2)6-7-15(19-4)12-22-16-8-9-18-17(11-16)20-14(3)23-18/h5-6,9,11,15-16H,1,4,7-8,10,12H2,2-3H3/b13-6+. The summed E-state index contributed by atoms with van der Waals surface area (Å²) in [4.78, 5) is 8.45. The van der Waals surface area contributed by atoms with E-state index in [1.54, 1.807) is 6.08 Å². The molecule has 1 aromatic rings. The van der Waals surface area contributed by atoms with Crippen LogP contribution in [-0.2, 0) is 9.47 Å². The maximum absolute atomic E-state index is 5.93. The summed E-state index contributed by atoms with van der Waals surface area (Å²) in [6.07, 6.45) is 9.25. The zero-order valence-corrected chi connectivity index (χ0v) is 13.8. The number of aliphatic imine (C=N–C) groups is 1. The van der Waals surface area contributed by atoms with Crippen LogP contribution in [0.25, 0.3) is 12.2 Å². The van der Waals surface area contributed by atoms with Crippen molar-refractivity contribution in [3.8, 4) is 0 Å². The normalized spacial score (nSPS) is 18.3. The minimum Gasteiger partial charge on any atom is -0.495 e. The first-order chi connectivity index (χ1) is 11.1. The van der Waals surface area contributed by atoms with Crippen LogP contribution < -0.4 is 10.8 Å². The molecule has 1 heterocycles. The summed E-state index contributed by atoms with van der Waals surface area (Å²) in [5.41, 5.74) is 0.832. The van der Waals surface area contributed by atoms with Crippen LogP contribution in [-0.4, -0.2) is 37.1 Å². The van der Waals surface area contributed by atoms with Crippen molar-refractivity contribution >= 4 is 18.9 Å². The van der Waals surface area contributed by atoms with Gasteiger partial charge in [-0.15, -0.1) is 0 Å². The third kappa shape index (κ3) is 5.21. The maximum Gasteiger partial charge on any atom is 0.192 e. The number of aromatic nitrogens is 1. The number of ether oxygens (including phenoxy) is 2. The first-order valence-electron chi connectivity index (χ1n) is 7.75. The Balaban J connectivity index is 1.85. The fourth-order valence-corrected chi connectivity index (χ4v) is 2.29. The van der Waals surface area contributed by atoms with E-state index in [0.29, 0.717) is 19.1 Å². The Labute approximate surface area is 136 Å². The molecule has 2 rings (SSSR count). The predicted octanol–water partition coefficient (Wildman–Crippen LogP) is 1.90. The Morgan fingerprint density at radius 2 is 2.43 bits per heavy atom. The van der Waals surface area contributed by atoms with Gasteiger partial charge in [-0.2, -0.15) is 0 Å². The molecule has 1 aliphatic rings. The third-order valence-corrected chi connectivity index (χ3v) is 3.53. The van der Waals surface area contributed by atoms with Crippen LogP contribution in [0.5, 0.6) is 0 Å². The summed E-state index contributed by atoms with van der Waals surface area (Å²) in [6.45, 7) is 12.1. The van der Waals surface area contributed by atoms with Gasteiger partial charge in [-0.05, 0) is 44.7 Å². The molecule has 0 saturated heterocycles. The lowest BCUT2D eigenvalue weighted by Gasteiger charge is -2.17. The zero-order chi connectivity index (χ0) is 16.7. The molecule has 124 valence electrons. The Morgan fingerprint density at radius 3 is 3.17 bits per heavy atom. The summed E-state index contributed by atoms with van der Waals surface area (Å²) in [5, 5.41) is 0.857. The van der Waals surface area contributed by atoms with Crippen molar-refractivity contribution in [1.29, 1.82) is 0 Å². The van der Waals surface area contributed by atoms with Gasteiger partial charge >= 0.3 is 0 Å². The highest BCUT2D eigenvalue weighted by Crippen LogP contribution is 2.09. The van der Waals surface area contributed by atoms with Gasteiger partial charge in [-0.25, -0.2) is 4.98 Å². The number of fused-ring (bicyclic) bond motifs is 1. The molecular formula is C18H24N2O3. The lowest BCUT2D eigenvalue weighted by Crippen LogP contribution is -2.31. The van der Waals surface area contributed by atoms with E-state index in [-0.39, 0.29) is 12.1 Å². The first kappa shape index (κ1) is 17.2. The van der Waals surface area contributed by atoms with Crippen LogP contribution in [0.1, 0.15) is 25.7 Å². The maximum atomic E-state index is 5.93. The van der Waals surface area contributed by atoms with E-state index in [1.807, 2.05) is 32.1 Å². The van der Waals surface area contributed by atoms with Gasteiger partial charge in [0.05, 0.1) is 24.5 Å². The molecule has 0 radical (unpaired) electrons. The van der Waals surface area contributed by atoms with E-state index in [9.17, 15) is 0 Å². The number of rotatable bonds is 9. The summed E-state index contributed by atoms with van der Waals surface area (Å²) in [7, 11) is 0. The van der Waals surface area contributed by atoms with E-state index in [2.05, 4.69) is 23.3 Å². The second-order valence-corrected chi connectivity index (χ2v) is 5.45. The van der Waals surface area contributed by atoms with Crippen LogP contribution in [0.3, 0.4) is 0 Å². The molecule has 0 aliphatic heterocycles. The van der Waals surface area contributed by atoms with Gasteiger partial charge < -0.3 is 13.9 Å². The number of aryl methyl sites for hydroxylation is 1. The van der Waals surface area contributed by atoms with Gasteiger partial charge in [0.2, 0.25) is 0 Å². The van der Waals surface area contributed by atoms with Gasteiger partial charge in [0.15, 0.2) is 11.3 Å². The smallest absolute Gasteiger partial charge is 0.192 e. The minimum absolute atomic E-state index is 0.00153. The van der Waals surface area contributed by atoms with E-state index in [0.717, 1.165) is 29.4 Å². The molecular weight excluding hydrogens is 292 g/mol. The molecule has 1 aromatic heterocycles. The second kappa shape index (κ2) is 8.48. The fraction of sp³-hybridized carbons (Fsp3) is 0.444. The highest BCUT2D eigenvalue weighted by molar-refractivity contribution is 5.37. The molecule has 0 bridgehead atoms. The van der Waals surface area contributed by atoms with Gasteiger partial charge in [-0.1, -0.05) is 12.7 Å². The molecule has 0 spiro atoms. The Morgan fingerprint density at radius 1 is 1.61 bits per heavy atom. The van der Waals surface area contributed by atoms with E-state index in [1.165, 1.54) is 0 Å². The molecule has 0 fully saturated rings. The Bertz CT molecular complexity index is 688. The number of allylic oxidation sites excluding steroid dienone is 1. The lowest BCUT2D eigenvalue weighted by molar-refractivity contribution is 0.0876. The topological polar surface area (TPSA) is 56.9 Å². The van der Waals surface area contributed by atoms with E-state index in [4.69, 9.17) is 13.9 Å². The molecule has 1 aliphatic carbocycles. The summed E-state index contributed by atoms with van der Waals surface area (Å²) < 4.78 is 16.8. The van der Waals surface area contributed by atoms with Crippen LogP contribution in [0, 0.1) is 6.92 Å². The number of oxazole rings is 1. The number of hydrogen-bond acceptors (Lipinski definition) is 5. The molecule has 0 N–H and O–H groups in total. The van der Waals surface area contributed by atoms with Crippen LogP contribution in [0.15, 0.2) is 33.9 Å². The molecule has 5 heteroatoms. The molecule has 2 unspecified atom stereocenters. The third-order valence-electron chi connectivity index (χ3n) is 3.53. The van der Waals surface area contributed by atoms with Crippen LogP contribution >= 0.6 is 0 Å². The van der Waals surface area contributed by atoms with Gasteiger partial charge in [-0.3, -0.25) is 4.99 Å². The average Bonchev–Trinajstić information content (AvgIpc) is 2.92. The molecule has 23 heavy (non-hydrogen) atoms. The molecule has 0 aromatic carbocycles. The van der Waals surface area contributed by atoms with Gasteiger partial charge in [0, 0.05) is 6.92 Å². The van der Waals surface area contributed by atoms with Crippen molar-refractivity contribution in [3.63, 3.8) is 0 Å². The van der Waals surface area contributed by atoms with E-state index < -0.39 is 0 Å². The van der Waals surface area contributed by atoms with Crippen LogP contribution in [0.2, 0.25) is 0 Å². The molecule has 0 saturated carbocycles. The van der Waals surface area contributed by atoms with E-state index >= 15 is 0 Å². The highest BCUT2D eigenvalue weighted by Gasteiger charge is 2.13. The van der Waals surface area contributed by atoms with Crippen molar-refractivity contribution < 1.29 is 13.9 Å². The molecule has 5 nitrogen and oxygen atoms in total. The first-order valence-corrected chi connectivity index (χ1v) is 7.75. The van der Waals surface area contributed by atoms with Crippen LogP contribution in [0.4, 0.5) is 0 Å². The van der Waals surface area contributed by atoms with Gasteiger partial charge in [0.25, 0.3) is 0 Å². The fourth-order valence-electron chi connectivity index (χ4n) is 2.29. The Kier molecular flexibility index (Phi) is 6.35. The Hall–Kier alpha value is -2.14. The number of nitrogens with zero attached hydrogens (tertiary/aromatic N) is 2. The average molecular weight is 316 g/mol. The zero-order valence-electron chi connectivity index (χ0n) is 13.8. The lowest BCUT2D eigenvalue weighted by atomic mass is 10.1. The predicted molar refractivity (Wildman–Crippen MR) is 91.6 cm³/mol. The quantitative estimate of drug-likeness (QED) is 0.397. The largest absolute Gasteiger partial charge is 0.495 e. The van der Waals surface area contributed by atoms with Crippen molar-refractivity contribution in [3.05, 3.63) is 41.1 Å². The van der Waals surface area contributed by atoms with Crippen molar-refractivity contribution in [2.75, 3.05) is 13.2 Å². The molecule has 2 atom stereocenters. The number of hydrogen-bond donors (Lipinski definition) is 0. The SMILES string of the molecule is C=CCO/C(C)=C/CC(COC1C=c2nc(C)oc2=CC1)N=C. The minimum atomic E-state index is -0.00153. The second-order valence-electron chi connectivity index (χ2n) is 5.45. The monoisotopic (exact) mass is 316 g/mol. The summed E-state index contributed by atoms with van der Waals surface area (Å²) >= 11 is 0. The highest BCUT2D eigenvalue weighted by atomic mass is 16.5. The van der Waals surface area contributed by atoms with Crippen molar-refractivity contribution in [1.82, 2.24) is 4.98 Å². The van der Waals surface area contributed by atoms with Gasteiger partial charge in [0.1, 0.15) is 12.0 Å². The van der Waals surface area contributed by atoms with Crippen molar-refractivity contribution in [2.24, 2.45) is 4.99 Å². The van der Waals surface area contributed by atoms with Crippen molar-refractivity contribution in [2.45, 2.75) is 38.8 Å². The molecule has 0 amide bonds. The summed E-state index contributed by atoms with van der Waals surface area (Å²) in [5.74, 6) is 1.53.